The van der Waals surface area contributed by atoms with Gasteiger partial charge in [-0.25, -0.2) is 0 Å². The van der Waals surface area contributed by atoms with Gasteiger partial charge in [-0.2, -0.15) is 0 Å². The van der Waals surface area contributed by atoms with Gasteiger partial charge >= 0.3 is 0 Å². The first-order chi connectivity index (χ1) is 16.5. The molecule has 2 aromatic carbocycles. The number of anilines is 1. The number of likely N-dealkylation sites (tertiary alicyclic amines) is 1. The van der Waals surface area contributed by atoms with Crippen LogP contribution in [0.4, 0.5) is 5.69 Å². The fourth-order valence-electron chi connectivity index (χ4n) is 5.14. The van der Waals surface area contributed by atoms with Crippen molar-refractivity contribution in [3.05, 3.63) is 65.2 Å². The first-order valence-electron chi connectivity index (χ1n) is 12.0. The molecule has 0 radical (unpaired) electrons. The fraction of sp³-hybridized carbons (Fsp3) is 0.423. The molecule has 3 aliphatic heterocycles. The van der Waals surface area contributed by atoms with Crippen LogP contribution in [0.1, 0.15) is 58.1 Å². The van der Waals surface area contributed by atoms with Crippen LogP contribution in [0, 0.1) is 5.92 Å². The standard InChI is InChI=1S/C26H30N4O4/c27-23(31)17-11-13-29(14-12-17)25(32)18-7-9-19(10-8-18)28-24-21-5-1-2-6-22(21)26(33)30(24)16-20-4-3-15-34-20/h1-2,5-10,17,20,24,28H,3-4,11-16H2,(H2,27,31). The second-order valence-electron chi connectivity index (χ2n) is 9.27. The number of nitrogens with zero attached hydrogens (tertiary/aromatic N) is 2. The summed E-state index contributed by atoms with van der Waals surface area (Å²) in [6, 6.07) is 15.0. The second kappa shape index (κ2) is 9.46. The number of amides is 3. The van der Waals surface area contributed by atoms with Gasteiger partial charge in [0.25, 0.3) is 11.8 Å². The van der Waals surface area contributed by atoms with Crippen molar-refractivity contribution in [1.82, 2.24) is 9.80 Å². The molecule has 0 saturated carbocycles. The smallest absolute Gasteiger partial charge is 0.256 e. The van der Waals surface area contributed by atoms with Gasteiger partial charge in [-0.15, -0.1) is 0 Å². The van der Waals surface area contributed by atoms with Gasteiger partial charge in [0.05, 0.1) is 6.10 Å². The molecule has 0 spiro atoms. The van der Waals surface area contributed by atoms with Gasteiger partial charge in [0.2, 0.25) is 5.91 Å². The number of fused-ring (bicyclic) bond motifs is 1. The third kappa shape index (κ3) is 4.37. The molecule has 8 nitrogen and oxygen atoms in total. The molecule has 5 rings (SSSR count). The quantitative estimate of drug-likeness (QED) is 0.687. The van der Waals surface area contributed by atoms with Gasteiger partial charge in [0.1, 0.15) is 6.17 Å². The third-order valence-corrected chi connectivity index (χ3v) is 7.10. The summed E-state index contributed by atoms with van der Waals surface area (Å²) in [5, 5.41) is 3.49. The lowest BCUT2D eigenvalue weighted by atomic mass is 9.96. The molecule has 3 N–H and O–H groups in total. The van der Waals surface area contributed by atoms with E-state index < -0.39 is 0 Å². The molecule has 3 aliphatic rings. The van der Waals surface area contributed by atoms with E-state index in [4.69, 9.17) is 10.5 Å². The van der Waals surface area contributed by atoms with Gasteiger partial charge in [-0.05, 0) is 56.0 Å². The molecule has 0 aromatic heterocycles. The maximum absolute atomic E-state index is 13.1. The number of hydrogen-bond acceptors (Lipinski definition) is 5. The van der Waals surface area contributed by atoms with Crippen LogP contribution in [0.15, 0.2) is 48.5 Å². The minimum Gasteiger partial charge on any atom is -0.376 e. The minimum atomic E-state index is -0.290. The fourth-order valence-corrected chi connectivity index (χ4v) is 5.14. The van der Waals surface area contributed by atoms with Crippen molar-refractivity contribution in [2.75, 3.05) is 31.6 Å². The maximum atomic E-state index is 13.1. The zero-order valence-electron chi connectivity index (χ0n) is 19.1. The Kier molecular flexibility index (Phi) is 6.24. The number of benzene rings is 2. The van der Waals surface area contributed by atoms with Gasteiger partial charge < -0.3 is 25.6 Å². The second-order valence-corrected chi connectivity index (χ2v) is 9.27. The molecule has 2 saturated heterocycles. The van der Waals surface area contributed by atoms with Crippen LogP contribution >= 0.6 is 0 Å². The lowest BCUT2D eigenvalue weighted by Gasteiger charge is -2.31. The average molecular weight is 463 g/mol. The molecular formula is C26H30N4O4. The topological polar surface area (TPSA) is 105 Å². The van der Waals surface area contributed by atoms with Crippen molar-refractivity contribution >= 4 is 23.4 Å². The van der Waals surface area contributed by atoms with Crippen LogP contribution in [0.3, 0.4) is 0 Å². The predicted octanol–water partition coefficient (Wildman–Crippen LogP) is 2.77. The Labute approximate surface area is 199 Å². The van der Waals surface area contributed by atoms with E-state index in [2.05, 4.69) is 5.32 Å². The maximum Gasteiger partial charge on any atom is 0.256 e. The van der Waals surface area contributed by atoms with Crippen molar-refractivity contribution < 1.29 is 19.1 Å². The molecule has 2 unspecified atom stereocenters. The molecule has 3 amide bonds. The normalized spacial score (nSPS) is 22.6. The van der Waals surface area contributed by atoms with Crippen LogP contribution in [0.5, 0.6) is 0 Å². The summed E-state index contributed by atoms with van der Waals surface area (Å²) in [5.41, 5.74) is 8.48. The van der Waals surface area contributed by atoms with Gasteiger partial charge in [0, 0.05) is 54.5 Å². The van der Waals surface area contributed by atoms with E-state index in [0.29, 0.717) is 43.6 Å². The van der Waals surface area contributed by atoms with Crippen molar-refractivity contribution in [3.8, 4) is 0 Å². The SMILES string of the molecule is NC(=O)C1CCN(C(=O)c2ccc(NC3c4ccccc4C(=O)N3CC3CCCO3)cc2)CC1. The number of nitrogens with two attached hydrogens (primary N) is 1. The molecule has 3 heterocycles. The average Bonchev–Trinajstić information content (AvgIpc) is 3.47. The molecular weight excluding hydrogens is 432 g/mol. The summed E-state index contributed by atoms with van der Waals surface area (Å²) in [6.45, 7) is 2.35. The van der Waals surface area contributed by atoms with Gasteiger partial charge in [-0.3, -0.25) is 14.4 Å². The number of ether oxygens (including phenoxy) is 1. The molecule has 2 fully saturated rings. The van der Waals surface area contributed by atoms with E-state index >= 15 is 0 Å². The number of carbonyl (C=O) groups is 3. The summed E-state index contributed by atoms with van der Waals surface area (Å²) in [6.07, 6.45) is 2.96. The Balaban J connectivity index is 1.29. The molecule has 2 atom stereocenters. The van der Waals surface area contributed by atoms with E-state index in [1.807, 2.05) is 41.3 Å². The van der Waals surface area contributed by atoms with Crippen LogP contribution in [0.2, 0.25) is 0 Å². The van der Waals surface area contributed by atoms with Crippen LogP contribution in [0.25, 0.3) is 0 Å². The number of nitrogens with one attached hydrogen (secondary N) is 1. The molecule has 34 heavy (non-hydrogen) atoms. The Morgan fingerprint density at radius 3 is 2.44 bits per heavy atom. The summed E-state index contributed by atoms with van der Waals surface area (Å²) in [7, 11) is 0. The first kappa shape index (κ1) is 22.4. The highest BCUT2D eigenvalue weighted by Crippen LogP contribution is 2.35. The summed E-state index contributed by atoms with van der Waals surface area (Å²) >= 11 is 0. The molecule has 0 aliphatic carbocycles. The van der Waals surface area contributed by atoms with E-state index in [0.717, 1.165) is 30.7 Å². The number of piperidine rings is 1. The monoisotopic (exact) mass is 462 g/mol. The number of rotatable bonds is 6. The van der Waals surface area contributed by atoms with E-state index in [-0.39, 0.29) is 35.9 Å². The van der Waals surface area contributed by atoms with Gasteiger partial charge in [0.15, 0.2) is 0 Å². The highest BCUT2D eigenvalue weighted by Gasteiger charge is 2.38. The van der Waals surface area contributed by atoms with Crippen molar-refractivity contribution in [2.24, 2.45) is 11.7 Å². The van der Waals surface area contributed by atoms with Crippen molar-refractivity contribution in [3.63, 3.8) is 0 Å². The molecule has 178 valence electrons. The van der Waals surface area contributed by atoms with Crippen LogP contribution < -0.4 is 11.1 Å². The van der Waals surface area contributed by atoms with E-state index in [1.165, 1.54) is 0 Å². The van der Waals surface area contributed by atoms with Crippen molar-refractivity contribution in [2.45, 2.75) is 38.0 Å². The van der Waals surface area contributed by atoms with Crippen LogP contribution in [-0.2, 0) is 9.53 Å². The van der Waals surface area contributed by atoms with Crippen LogP contribution in [-0.4, -0.2) is 59.9 Å². The Bertz CT molecular complexity index is 1070. The van der Waals surface area contributed by atoms with E-state index in [1.54, 1.807) is 17.0 Å². The minimum absolute atomic E-state index is 0.00904. The Morgan fingerprint density at radius 2 is 1.76 bits per heavy atom. The lowest BCUT2D eigenvalue weighted by Crippen LogP contribution is -2.41. The zero-order valence-corrected chi connectivity index (χ0v) is 19.1. The third-order valence-electron chi connectivity index (χ3n) is 7.10. The number of carbonyl (C=O) groups excluding carboxylic acids is 3. The Morgan fingerprint density at radius 1 is 1.03 bits per heavy atom. The summed E-state index contributed by atoms with van der Waals surface area (Å²) in [4.78, 5) is 41.0. The Hall–Kier alpha value is -3.39. The summed E-state index contributed by atoms with van der Waals surface area (Å²) in [5.74, 6) is -0.473. The first-order valence-corrected chi connectivity index (χ1v) is 12.0. The summed E-state index contributed by atoms with van der Waals surface area (Å²) < 4.78 is 5.79. The molecule has 8 heteroatoms. The largest absolute Gasteiger partial charge is 0.376 e. The predicted molar refractivity (Wildman–Crippen MR) is 127 cm³/mol. The highest BCUT2D eigenvalue weighted by atomic mass is 16.5. The van der Waals surface area contributed by atoms with E-state index in [9.17, 15) is 14.4 Å². The zero-order chi connectivity index (χ0) is 23.7. The van der Waals surface area contributed by atoms with Gasteiger partial charge in [-0.1, -0.05) is 18.2 Å². The molecule has 0 bridgehead atoms. The lowest BCUT2D eigenvalue weighted by molar-refractivity contribution is -0.123. The van der Waals surface area contributed by atoms with Crippen molar-refractivity contribution in [1.29, 1.82) is 0 Å². The number of hydrogen-bond donors (Lipinski definition) is 2. The highest BCUT2D eigenvalue weighted by molar-refractivity contribution is 5.99. The number of primary amides is 1. The molecule has 2 aromatic rings.